The van der Waals surface area contributed by atoms with Crippen molar-refractivity contribution in [2.45, 2.75) is 0 Å². The fourth-order valence-electron chi connectivity index (χ4n) is 3.00. The quantitative estimate of drug-likeness (QED) is 0.346. The van der Waals surface area contributed by atoms with E-state index in [1.165, 1.54) is 24.8 Å². The molecule has 5 rings (SSSR count). The van der Waals surface area contributed by atoms with E-state index in [2.05, 4.69) is 25.4 Å². The smallest absolute Gasteiger partial charge is 0.270 e. The molecule has 0 aliphatic rings. The number of aromatic nitrogens is 5. The first-order chi connectivity index (χ1) is 14.7. The lowest BCUT2D eigenvalue weighted by Crippen LogP contribution is -1.97. The number of pyridine rings is 1. The van der Waals surface area contributed by atoms with Gasteiger partial charge >= 0.3 is 0 Å². The molecule has 0 unspecified atom stereocenters. The lowest BCUT2D eigenvalue weighted by Gasteiger charge is -2.10. The summed E-state index contributed by atoms with van der Waals surface area (Å²) in [5, 5.41) is 18.9. The SMILES string of the molecule is O=[N+]([O-])c1ccc2ncnc(Nc3ccc(Oc4ccn5ncnc5c4)cc3)c2c1. The molecule has 0 bridgehead atoms. The number of hydrogen-bond acceptors (Lipinski definition) is 8. The van der Waals surface area contributed by atoms with Gasteiger partial charge in [0.25, 0.3) is 5.69 Å². The van der Waals surface area contributed by atoms with E-state index in [1.807, 2.05) is 24.3 Å². The zero-order valence-corrected chi connectivity index (χ0v) is 15.3. The van der Waals surface area contributed by atoms with Crippen LogP contribution < -0.4 is 10.1 Å². The van der Waals surface area contributed by atoms with E-state index in [-0.39, 0.29) is 5.69 Å². The van der Waals surface area contributed by atoms with Crippen molar-refractivity contribution in [1.29, 1.82) is 0 Å². The summed E-state index contributed by atoms with van der Waals surface area (Å²) in [7, 11) is 0. The third kappa shape index (κ3) is 3.33. The minimum Gasteiger partial charge on any atom is -0.457 e. The van der Waals surface area contributed by atoms with Crippen LogP contribution in [0.3, 0.4) is 0 Å². The standard InChI is InChI=1S/C20H13N7O3/c28-27(29)14-3-6-18-17(9-14)20(23-11-21-18)25-13-1-4-15(5-2-13)30-16-7-8-26-19(10-16)22-12-24-26/h1-12H,(H,21,23,25). The molecule has 2 aromatic carbocycles. The van der Waals surface area contributed by atoms with Crippen molar-refractivity contribution in [1.82, 2.24) is 24.6 Å². The second-order valence-electron chi connectivity index (χ2n) is 6.36. The molecule has 0 saturated heterocycles. The number of nitrogens with zero attached hydrogens (tertiary/aromatic N) is 6. The average Bonchev–Trinajstić information content (AvgIpc) is 3.23. The van der Waals surface area contributed by atoms with Crippen LogP contribution in [0, 0.1) is 10.1 Å². The van der Waals surface area contributed by atoms with Crippen molar-refractivity contribution < 1.29 is 9.66 Å². The second-order valence-corrected chi connectivity index (χ2v) is 6.36. The van der Waals surface area contributed by atoms with Gasteiger partial charge in [0.05, 0.1) is 10.4 Å². The second kappa shape index (κ2) is 7.09. The van der Waals surface area contributed by atoms with E-state index >= 15 is 0 Å². The zero-order valence-electron chi connectivity index (χ0n) is 15.3. The molecule has 0 radical (unpaired) electrons. The minimum atomic E-state index is -0.445. The fourth-order valence-corrected chi connectivity index (χ4v) is 3.00. The molecule has 0 saturated carbocycles. The minimum absolute atomic E-state index is 0.0197. The van der Waals surface area contributed by atoms with Crippen LogP contribution in [0.5, 0.6) is 11.5 Å². The number of rotatable bonds is 5. The maximum absolute atomic E-state index is 11.1. The lowest BCUT2D eigenvalue weighted by molar-refractivity contribution is -0.384. The van der Waals surface area contributed by atoms with E-state index in [9.17, 15) is 10.1 Å². The number of anilines is 2. The van der Waals surface area contributed by atoms with Gasteiger partial charge < -0.3 is 10.1 Å². The van der Waals surface area contributed by atoms with Crippen LogP contribution in [0.1, 0.15) is 0 Å². The first kappa shape index (κ1) is 17.5. The van der Waals surface area contributed by atoms with E-state index in [4.69, 9.17) is 4.74 Å². The molecule has 0 atom stereocenters. The van der Waals surface area contributed by atoms with Crippen molar-refractivity contribution in [2.24, 2.45) is 0 Å². The Labute approximate surface area is 169 Å². The first-order valence-electron chi connectivity index (χ1n) is 8.89. The summed E-state index contributed by atoms with van der Waals surface area (Å²) < 4.78 is 7.51. The number of nitro benzene ring substituents is 1. The molecule has 5 aromatic rings. The third-order valence-corrected chi connectivity index (χ3v) is 4.43. The molecular formula is C20H13N7O3. The number of non-ortho nitro benzene ring substituents is 1. The van der Waals surface area contributed by atoms with Crippen LogP contribution >= 0.6 is 0 Å². The topological polar surface area (TPSA) is 120 Å². The van der Waals surface area contributed by atoms with Crippen molar-refractivity contribution >= 4 is 33.7 Å². The van der Waals surface area contributed by atoms with E-state index in [0.717, 1.165) is 5.69 Å². The summed E-state index contributed by atoms with van der Waals surface area (Å²) in [5.74, 6) is 1.77. The highest BCUT2D eigenvalue weighted by Crippen LogP contribution is 2.28. The normalized spacial score (nSPS) is 10.9. The van der Waals surface area contributed by atoms with Crippen LogP contribution in [0.15, 0.2) is 73.4 Å². The molecule has 10 nitrogen and oxygen atoms in total. The molecule has 10 heteroatoms. The largest absolute Gasteiger partial charge is 0.457 e. The van der Waals surface area contributed by atoms with Crippen LogP contribution in [-0.2, 0) is 0 Å². The highest BCUT2D eigenvalue weighted by Gasteiger charge is 2.11. The maximum atomic E-state index is 11.1. The van der Waals surface area contributed by atoms with E-state index in [1.54, 1.807) is 28.9 Å². The number of benzene rings is 2. The van der Waals surface area contributed by atoms with E-state index < -0.39 is 4.92 Å². The van der Waals surface area contributed by atoms with Crippen molar-refractivity contribution in [3.63, 3.8) is 0 Å². The van der Waals surface area contributed by atoms with Gasteiger partial charge in [0.15, 0.2) is 5.65 Å². The molecule has 0 amide bonds. The summed E-state index contributed by atoms with van der Waals surface area (Å²) in [4.78, 5) is 23.1. The van der Waals surface area contributed by atoms with Gasteiger partial charge in [0.2, 0.25) is 0 Å². The number of hydrogen-bond donors (Lipinski definition) is 1. The third-order valence-electron chi connectivity index (χ3n) is 4.43. The highest BCUT2D eigenvalue weighted by molar-refractivity contribution is 5.92. The zero-order chi connectivity index (χ0) is 20.5. The first-order valence-corrected chi connectivity index (χ1v) is 8.89. The van der Waals surface area contributed by atoms with Crippen LogP contribution in [0.25, 0.3) is 16.6 Å². The summed E-state index contributed by atoms with van der Waals surface area (Å²) in [6, 6.07) is 15.3. The highest BCUT2D eigenvalue weighted by atomic mass is 16.6. The molecule has 3 aromatic heterocycles. The van der Waals surface area contributed by atoms with E-state index in [0.29, 0.717) is 33.9 Å². The molecule has 0 aliphatic carbocycles. The number of nitro groups is 1. The number of nitrogens with one attached hydrogen (secondary N) is 1. The summed E-state index contributed by atoms with van der Waals surface area (Å²) in [6.07, 6.45) is 4.66. The Morgan fingerprint density at radius 1 is 0.933 bits per heavy atom. The van der Waals surface area contributed by atoms with Crippen LogP contribution in [0.4, 0.5) is 17.2 Å². The summed E-state index contributed by atoms with van der Waals surface area (Å²) in [6.45, 7) is 0. The molecule has 30 heavy (non-hydrogen) atoms. The molecule has 0 fully saturated rings. The molecular weight excluding hydrogens is 386 g/mol. The molecule has 146 valence electrons. The summed E-state index contributed by atoms with van der Waals surface area (Å²) >= 11 is 0. The monoisotopic (exact) mass is 399 g/mol. The Bertz CT molecular complexity index is 1380. The molecule has 0 spiro atoms. The lowest BCUT2D eigenvalue weighted by atomic mass is 10.2. The molecule has 1 N–H and O–H groups in total. The van der Waals surface area contributed by atoms with Crippen molar-refractivity contribution in [3.8, 4) is 11.5 Å². The average molecular weight is 399 g/mol. The van der Waals surface area contributed by atoms with Gasteiger partial charge in [-0.2, -0.15) is 5.10 Å². The predicted octanol–water partition coefficient (Wildman–Crippen LogP) is 4.12. The van der Waals surface area contributed by atoms with Gasteiger partial charge in [-0.25, -0.2) is 19.5 Å². The maximum Gasteiger partial charge on any atom is 0.270 e. The fraction of sp³-hybridized carbons (Fsp3) is 0. The predicted molar refractivity (Wildman–Crippen MR) is 109 cm³/mol. The Hall–Kier alpha value is -4.60. The Morgan fingerprint density at radius 3 is 2.63 bits per heavy atom. The Morgan fingerprint density at radius 2 is 1.80 bits per heavy atom. The van der Waals surface area contributed by atoms with Crippen molar-refractivity contribution in [2.75, 3.05) is 5.32 Å². The van der Waals surface area contributed by atoms with Gasteiger partial charge in [-0.15, -0.1) is 0 Å². The molecule has 0 aliphatic heterocycles. The van der Waals surface area contributed by atoms with Crippen molar-refractivity contribution in [3.05, 3.63) is 83.6 Å². The van der Waals surface area contributed by atoms with Crippen LogP contribution in [0.2, 0.25) is 0 Å². The Kier molecular flexibility index (Phi) is 4.14. The number of fused-ring (bicyclic) bond motifs is 2. The van der Waals surface area contributed by atoms with Gasteiger partial charge in [0.1, 0.15) is 30.0 Å². The van der Waals surface area contributed by atoms with Gasteiger partial charge in [-0.05, 0) is 36.4 Å². The Balaban J connectivity index is 1.38. The summed E-state index contributed by atoms with van der Waals surface area (Å²) in [5.41, 5.74) is 2.04. The van der Waals surface area contributed by atoms with Crippen LogP contribution in [-0.4, -0.2) is 29.5 Å². The molecule has 3 heterocycles. The number of ether oxygens (including phenoxy) is 1. The van der Waals surface area contributed by atoms with Gasteiger partial charge in [-0.1, -0.05) is 0 Å². The van der Waals surface area contributed by atoms with Gasteiger partial charge in [0, 0.05) is 35.5 Å². The van der Waals surface area contributed by atoms with Gasteiger partial charge in [-0.3, -0.25) is 10.1 Å².